The molecule has 0 unspecified atom stereocenters. The summed E-state index contributed by atoms with van der Waals surface area (Å²) in [6.45, 7) is 2.64. The van der Waals surface area contributed by atoms with Gasteiger partial charge in [0.2, 0.25) is 5.91 Å². The molecule has 0 aliphatic carbocycles. The number of carbonyl (C=O) groups is 1. The van der Waals surface area contributed by atoms with Gasteiger partial charge in [-0.15, -0.1) is 0 Å². The third-order valence-corrected chi connectivity index (χ3v) is 3.54. The molecule has 20 heavy (non-hydrogen) atoms. The number of hydrogen-bond donors (Lipinski definition) is 2. The molecule has 0 bridgehead atoms. The summed E-state index contributed by atoms with van der Waals surface area (Å²) in [6.07, 6.45) is 0.716. The van der Waals surface area contributed by atoms with Gasteiger partial charge in [0, 0.05) is 12.2 Å². The fraction of sp³-hybridized carbons (Fsp3) is 0.250. The Labute approximate surface area is 118 Å². The molecular weight excluding hydrogens is 250 g/mol. The molecule has 1 atom stereocenters. The normalized spacial score (nSPS) is 17.4. The highest BCUT2D eigenvalue weighted by molar-refractivity contribution is 5.94. The summed E-state index contributed by atoms with van der Waals surface area (Å²) in [7, 11) is 0. The zero-order chi connectivity index (χ0) is 13.9. The number of aromatic nitrogens is 1. The zero-order valence-corrected chi connectivity index (χ0v) is 11.4. The van der Waals surface area contributed by atoms with Crippen molar-refractivity contribution < 1.29 is 4.79 Å². The third-order valence-electron chi connectivity index (χ3n) is 3.54. The predicted octanol–water partition coefficient (Wildman–Crippen LogP) is 2.04. The Morgan fingerprint density at radius 2 is 2.00 bits per heavy atom. The largest absolute Gasteiger partial charge is 0.309 e. The molecule has 2 heterocycles. The first-order valence-electron chi connectivity index (χ1n) is 6.77. The molecule has 3 rings (SSSR count). The SMILES string of the molecule is Cc1cccc(NC(=O)[C@H]2Cc3ccccc3CN2)n1. The van der Waals surface area contributed by atoms with Crippen LogP contribution < -0.4 is 10.6 Å². The van der Waals surface area contributed by atoms with Crippen LogP contribution in [0.3, 0.4) is 0 Å². The zero-order valence-electron chi connectivity index (χ0n) is 11.4. The second-order valence-electron chi connectivity index (χ2n) is 5.06. The molecule has 0 radical (unpaired) electrons. The number of pyridine rings is 1. The fourth-order valence-electron chi connectivity index (χ4n) is 2.47. The van der Waals surface area contributed by atoms with Gasteiger partial charge in [0.15, 0.2) is 0 Å². The highest BCUT2D eigenvalue weighted by Crippen LogP contribution is 2.17. The average Bonchev–Trinajstić information content (AvgIpc) is 2.47. The van der Waals surface area contributed by atoms with Gasteiger partial charge < -0.3 is 10.6 Å². The Kier molecular flexibility index (Phi) is 3.48. The molecule has 1 aromatic heterocycles. The van der Waals surface area contributed by atoms with E-state index < -0.39 is 0 Å². The van der Waals surface area contributed by atoms with Crippen LogP contribution in [-0.4, -0.2) is 16.9 Å². The summed E-state index contributed by atoms with van der Waals surface area (Å²) in [5.74, 6) is 0.577. The summed E-state index contributed by atoms with van der Waals surface area (Å²) < 4.78 is 0. The van der Waals surface area contributed by atoms with Crippen LogP contribution in [0, 0.1) is 6.92 Å². The molecule has 1 aliphatic heterocycles. The number of nitrogens with zero attached hydrogens (tertiary/aromatic N) is 1. The number of fused-ring (bicyclic) bond motifs is 1. The Morgan fingerprint density at radius 1 is 1.20 bits per heavy atom. The van der Waals surface area contributed by atoms with Gasteiger partial charge in [-0.3, -0.25) is 4.79 Å². The molecule has 4 heteroatoms. The van der Waals surface area contributed by atoms with Crippen LogP contribution in [0.15, 0.2) is 42.5 Å². The lowest BCUT2D eigenvalue weighted by atomic mass is 9.95. The highest BCUT2D eigenvalue weighted by Gasteiger charge is 2.23. The monoisotopic (exact) mass is 267 g/mol. The third kappa shape index (κ3) is 2.70. The molecular formula is C16H17N3O. The lowest BCUT2D eigenvalue weighted by Crippen LogP contribution is -2.44. The maximum Gasteiger partial charge on any atom is 0.243 e. The molecule has 102 valence electrons. The van der Waals surface area contributed by atoms with Crippen molar-refractivity contribution in [3.63, 3.8) is 0 Å². The summed E-state index contributed by atoms with van der Waals surface area (Å²) in [4.78, 5) is 16.6. The standard InChI is InChI=1S/C16H17N3O/c1-11-5-4-8-15(18-11)19-16(20)14-9-12-6-2-3-7-13(12)10-17-14/h2-8,14,17H,9-10H2,1H3,(H,18,19,20)/t14-/m1/s1. The van der Waals surface area contributed by atoms with Crippen LogP contribution in [0.4, 0.5) is 5.82 Å². The molecule has 2 N–H and O–H groups in total. The van der Waals surface area contributed by atoms with Gasteiger partial charge in [0.1, 0.15) is 5.82 Å². The van der Waals surface area contributed by atoms with Crippen molar-refractivity contribution in [3.05, 3.63) is 59.3 Å². The fourth-order valence-corrected chi connectivity index (χ4v) is 2.47. The number of rotatable bonds is 2. The summed E-state index contributed by atoms with van der Waals surface area (Å²) >= 11 is 0. The number of nitrogens with one attached hydrogen (secondary N) is 2. The molecule has 2 aromatic rings. The summed E-state index contributed by atoms with van der Waals surface area (Å²) in [6, 6.07) is 13.6. The van der Waals surface area contributed by atoms with Gasteiger partial charge in [-0.2, -0.15) is 0 Å². The van der Waals surface area contributed by atoms with Crippen LogP contribution in [0.5, 0.6) is 0 Å². The van der Waals surface area contributed by atoms with Crippen molar-refractivity contribution in [3.8, 4) is 0 Å². The number of hydrogen-bond acceptors (Lipinski definition) is 3. The van der Waals surface area contributed by atoms with Gasteiger partial charge in [-0.25, -0.2) is 4.98 Å². The van der Waals surface area contributed by atoms with E-state index in [1.165, 1.54) is 11.1 Å². The number of carbonyl (C=O) groups excluding carboxylic acids is 1. The van der Waals surface area contributed by atoms with E-state index in [9.17, 15) is 4.79 Å². The van der Waals surface area contributed by atoms with Crippen LogP contribution in [0.2, 0.25) is 0 Å². The highest BCUT2D eigenvalue weighted by atomic mass is 16.2. The molecule has 1 aromatic carbocycles. The topological polar surface area (TPSA) is 54.0 Å². The first-order chi connectivity index (χ1) is 9.72. The van der Waals surface area contributed by atoms with E-state index >= 15 is 0 Å². The van der Waals surface area contributed by atoms with Crippen LogP contribution in [-0.2, 0) is 17.8 Å². The van der Waals surface area contributed by atoms with E-state index in [1.807, 2.05) is 37.3 Å². The molecule has 0 fully saturated rings. The maximum absolute atomic E-state index is 12.3. The molecule has 0 saturated carbocycles. The van der Waals surface area contributed by atoms with Gasteiger partial charge in [-0.05, 0) is 36.6 Å². The molecule has 0 spiro atoms. The minimum Gasteiger partial charge on any atom is -0.309 e. The van der Waals surface area contributed by atoms with Crippen LogP contribution >= 0.6 is 0 Å². The first-order valence-corrected chi connectivity index (χ1v) is 6.77. The van der Waals surface area contributed by atoms with Crippen molar-refractivity contribution in [2.24, 2.45) is 0 Å². The van der Waals surface area contributed by atoms with E-state index in [1.54, 1.807) is 0 Å². The van der Waals surface area contributed by atoms with E-state index in [0.29, 0.717) is 12.2 Å². The quantitative estimate of drug-likeness (QED) is 0.875. The average molecular weight is 267 g/mol. The molecule has 1 amide bonds. The molecule has 4 nitrogen and oxygen atoms in total. The first kappa shape index (κ1) is 12.8. The van der Waals surface area contributed by atoms with Crippen molar-refractivity contribution in [1.82, 2.24) is 10.3 Å². The van der Waals surface area contributed by atoms with E-state index in [0.717, 1.165) is 12.2 Å². The van der Waals surface area contributed by atoms with Gasteiger partial charge in [0.25, 0.3) is 0 Å². The Hall–Kier alpha value is -2.20. The number of benzene rings is 1. The molecule has 0 saturated heterocycles. The van der Waals surface area contributed by atoms with Crippen LogP contribution in [0.1, 0.15) is 16.8 Å². The Balaban J connectivity index is 1.70. The maximum atomic E-state index is 12.3. The lowest BCUT2D eigenvalue weighted by molar-refractivity contribution is -0.118. The van der Waals surface area contributed by atoms with Crippen molar-refractivity contribution >= 4 is 11.7 Å². The minimum atomic E-state index is -0.202. The van der Waals surface area contributed by atoms with Gasteiger partial charge in [-0.1, -0.05) is 30.3 Å². The second kappa shape index (κ2) is 5.43. The summed E-state index contributed by atoms with van der Waals surface area (Å²) in [5, 5.41) is 6.14. The van der Waals surface area contributed by atoms with Crippen molar-refractivity contribution in [2.45, 2.75) is 25.9 Å². The van der Waals surface area contributed by atoms with Gasteiger partial charge in [0.05, 0.1) is 6.04 Å². The Morgan fingerprint density at radius 3 is 2.80 bits per heavy atom. The number of aryl methyl sites for hydroxylation is 1. The van der Waals surface area contributed by atoms with E-state index in [-0.39, 0.29) is 11.9 Å². The van der Waals surface area contributed by atoms with Crippen molar-refractivity contribution in [2.75, 3.05) is 5.32 Å². The number of amides is 1. The second-order valence-corrected chi connectivity index (χ2v) is 5.06. The predicted molar refractivity (Wildman–Crippen MR) is 78.4 cm³/mol. The molecule has 1 aliphatic rings. The summed E-state index contributed by atoms with van der Waals surface area (Å²) in [5.41, 5.74) is 3.40. The van der Waals surface area contributed by atoms with E-state index in [2.05, 4.69) is 27.8 Å². The van der Waals surface area contributed by atoms with Crippen LogP contribution in [0.25, 0.3) is 0 Å². The van der Waals surface area contributed by atoms with Crippen molar-refractivity contribution in [1.29, 1.82) is 0 Å². The Bertz CT molecular complexity index is 639. The smallest absolute Gasteiger partial charge is 0.243 e. The number of anilines is 1. The van der Waals surface area contributed by atoms with E-state index in [4.69, 9.17) is 0 Å². The lowest BCUT2D eigenvalue weighted by Gasteiger charge is -2.25. The van der Waals surface area contributed by atoms with Gasteiger partial charge >= 0.3 is 0 Å². The minimum absolute atomic E-state index is 0.0300.